The molecular weight excluding hydrogens is 366 g/mol. The minimum absolute atomic E-state index is 0.0206. The van der Waals surface area contributed by atoms with E-state index in [1.807, 2.05) is 0 Å². The quantitative estimate of drug-likeness (QED) is 0.606. The van der Waals surface area contributed by atoms with Crippen LogP contribution < -0.4 is 5.32 Å². The highest BCUT2D eigenvalue weighted by atomic mass is 16.6. The molecule has 2 saturated heterocycles. The summed E-state index contributed by atoms with van der Waals surface area (Å²) in [5.41, 5.74) is -1.19. The van der Waals surface area contributed by atoms with Crippen LogP contribution in [0.3, 0.4) is 0 Å². The van der Waals surface area contributed by atoms with Gasteiger partial charge in [-0.05, 0) is 33.1 Å². The largest absolute Gasteiger partial charge is 0.457 e. The Morgan fingerprint density at radius 2 is 1.89 bits per heavy atom. The van der Waals surface area contributed by atoms with Crippen molar-refractivity contribution < 1.29 is 33.6 Å². The summed E-state index contributed by atoms with van der Waals surface area (Å²) in [6.07, 6.45) is 1.80. The average Bonchev–Trinajstić information content (AvgIpc) is 3.09. The lowest BCUT2D eigenvalue weighted by molar-refractivity contribution is -0.189. The van der Waals surface area contributed by atoms with Gasteiger partial charge in [0.2, 0.25) is 0 Å². The Morgan fingerprint density at radius 3 is 2.50 bits per heavy atom. The number of methoxy groups -OCH3 is 2. The van der Waals surface area contributed by atoms with E-state index >= 15 is 0 Å². The van der Waals surface area contributed by atoms with E-state index in [4.69, 9.17) is 23.7 Å². The number of carbonyl (C=O) groups excluding carboxylic acids is 1. The van der Waals surface area contributed by atoms with E-state index in [9.17, 15) is 9.90 Å². The molecule has 8 nitrogen and oxygen atoms in total. The van der Waals surface area contributed by atoms with Crippen LogP contribution >= 0.6 is 0 Å². The third-order valence-corrected chi connectivity index (χ3v) is 6.41. The lowest BCUT2D eigenvalue weighted by Crippen LogP contribution is -2.66. The lowest BCUT2D eigenvalue weighted by Gasteiger charge is -2.51. The van der Waals surface area contributed by atoms with E-state index < -0.39 is 17.7 Å². The van der Waals surface area contributed by atoms with Gasteiger partial charge in [-0.15, -0.1) is 0 Å². The van der Waals surface area contributed by atoms with Crippen molar-refractivity contribution in [1.82, 2.24) is 5.32 Å². The minimum Gasteiger partial charge on any atom is -0.457 e. The van der Waals surface area contributed by atoms with Crippen LogP contribution in [0, 0.1) is 11.8 Å². The minimum atomic E-state index is -1.19. The molecule has 2 heterocycles. The summed E-state index contributed by atoms with van der Waals surface area (Å²) in [7, 11) is 3.47. The molecule has 0 radical (unpaired) electrons. The van der Waals surface area contributed by atoms with Crippen LogP contribution in [-0.4, -0.2) is 80.8 Å². The Morgan fingerprint density at radius 1 is 1.18 bits per heavy atom. The second kappa shape index (κ2) is 8.93. The Bertz CT molecular complexity index is 537. The van der Waals surface area contributed by atoms with Crippen molar-refractivity contribution in [3.05, 3.63) is 0 Å². The second-order valence-corrected chi connectivity index (χ2v) is 8.70. The number of rotatable bonds is 7. The van der Waals surface area contributed by atoms with Crippen LogP contribution in [0.2, 0.25) is 0 Å². The van der Waals surface area contributed by atoms with E-state index in [1.54, 1.807) is 28.1 Å². The first-order chi connectivity index (χ1) is 13.3. The number of fused-ring (bicyclic) bond motifs is 2. The van der Waals surface area contributed by atoms with E-state index in [0.29, 0.717) is 11.8 Å². The van der Waals surface area contributed by atoms with Gasteiger partial charge in [0.05, 0.1) is 30.5 Å². The molecule has 0 spiro atoms. The van der Waals surface area contributed by atoms with Gasteiger partial charge in [-0.2, -0.15) is 0 Å². The first-order valence-corrected chi connectivity index (χ1v) is 10.2. The maximum Gasteiger partial charge on any atom is 0.303 e. The molecule has 2 N–H and O–H groups in total. The summed E-state index contributed by atoms with van der Waals surface area (Å²) in [4.78, 5) is 11.4. The smallest absolute Gasteiger partial charge is 0.303 e. The standard InChI is InChI=1S/C20H35NO7/c1-11(22)28-15(20(2,3)23)10-27-14-7-6-12-16(18(14)25-5)21-19-13(8-9-26-19)17(12)24-4/h12-19,21,23H,6-10H2,1-5H3/t12?,13?,14?,15-,16?,17?,18?,19?/m1/s1. The fraction of sp³-hybridized carbons (Fsp3) is 0.950. The van der Waals surface area contributed by atoms with Gasteiger partial charge >= 0.3 is 5.97 Å². The van der Waals surface area contributed by atoms with Gasteiger partial charge in [0.1, 0.15) is 6.23 Å². The SMILES string of the molecule is COC1C2CCOC2NC2C1CCC(OC[C@@H](OC(C)=O)C(C)(C)O)C2OC. The number of ether oxygens (including phenoxy) is 5. The predicted molar refractivity (Wildman–Crippen MR) is 101 cm³/mol. The average molecular weight is 402 g/mol. The molecule has 28 heavy (non-hydrogen) atoms. The molecule has 0 aromatic rings. The number of carbonyl (C=O) groups is 1. The summed E-state index contributed by atoms with van der Waals surface area (Å²) in [6.45, 7) is 5.41. The zero-order valence-electron chi connectivity index (χ0n) is 17.6. The van der Waals surface area contributed by atoms with E-state index in [2.05, 4.69) is 5.32 Å². The molecule has 2 aliphatic heterocycles. The van der Waals surface area contributed by atoms with Gasteiger partial charge in [-0.3, -0.25) is 10.1 Å². The van der Waals surface area contributed by atoms with Crippen LogP contribution in [0.15, 0.2) is 0 Å². The van der Waals surface area contributed by atoms with Gasteiger partial charge in [-0.25, -0.2) is 0 Å². The lowest BCUT2D eigenvalue weighted by atomic mass is 9.70. The van der Waals surface area contributed by atoms with Crippen molar-refractivity contribution in [3.8, 4) is 0 Å². The molecule has 8 atom stereocenters. The molecule has 162 valence electrons. The zero-order valence-corrected chi connectivity index (χ0v) is 17.6. The number of hydrogen-bond acceptors (Lipinski definition) is 8. The Balaban J connectivity index is 1.68. The normalized spacial score (nSPS) is 39.1. The van der Waals surface area contributed by atoms with Gasteiger partial charge in [0.15, 0.2) is 6.10 Å². The van der Waals surface area contributed by atoms with Gasteiger partial charge < -0.3 is 28.8 Å². The van der Waals surface area contributed by atoms with Gasteiger partial charge in [0, 0.05) is 45.6 Å². The van der Waals surface area contributed by atoms with Gasteiger partial charge in [-0.1, -0.05) is 0 Å². The number of hydrogen-bond donors (Lipinski definition) is 2. The molecule has 0 amide bonds. The van der Waals surface area contributed by atoms with E-state index in [1.165, 1.54) is 6.92 Å². The Labute approximate surface area is 167 Å². The highest BCUT2D eigenvalue weighted by Crippen LogP contribution is 2.42. The fourth-order valence-corrected chi connectivity index (χ4v) is 5.00. The number of esters is 1. The number of nitrogens with one attached hydrogen (secondary N) is 1. The molecular formula is C20H35NO7. The molecule has 3 rings (SSSR count). The monoisotopic (exact) mass is 401 g/mol. The summed E-state index contributed by atoms with van der Waals surface area (Å²) in [5, 5.41) is 13.9. The maximum atomic E-state index is 11.4. The molecule has 0 aromatic carbocycles. The Kier molecular flexibility index (Phi) is 7.00. The van der Waals surface area contributed by atoms with Crippen LogP contribution in [0.25, 0.3) is 0 Å². The zero-order chi connectivity index (χ0) is 20.5. The third kappa shape index (κ3) is 4.52. The molecule has 1 saturated carbocycles. The fourth-order valence-electron chi connectivity index (χ4n) is 5.00. The van der Waals surface area contributed by atoms with Crippen LogP contribution in [-0.2, 0) is 28.5 Å². The second-order valence-electron chi connectivity index (χ2n) is 8.70. The van der Waals surface area contributed by atoms with Crippen molar-refractivity contribution in [3.63, 3.8) is 0 Å². The van der Waals surface area contributed by atoms with Crippen molar-refractivity contribution in [2.24, 2.45) is 11.8 Å². The maximum absolute atomic E-state index is 11.4. The molecule has 0 bridgehead atoms. The molecule has 7 unspecified atom stereocenters. The summed E-state index contributed by atoms with van der Waals surface area (Å²) in [5.74, 6) is 0.255. The number of aliphatic hydroxyl groups is 1. The van der Waals surface area contributed by atoms with Crippen LogP contribution in [0.1, 0.15) is 40.0 Å². The first kappa shape index (κ1) is 21.9. The molecule has 8 heteroatoms. The van der Waals surface area contributed by atoms with Crippen molar-refractivity contribution in [2.75, 3.05) is 27.4 Å². The third-order valence-electron chi connectivity index (χ3n) is 6.41. The highest BCUT2D eigenvalue weighted by molar-refractivity contribution is 5.66. The van der Waals surface area contributed by atoms with Crippen molar-refractivity contribution in [2.45, 2.75) is 82.3 Å². The Hall–Kier alpha value is -0.770. The van der Waals surface area contributed by atoms with Crippen molar-refractivity contribution in [1.29, 1.82) is 0 Å². The molecule has 0 aromatic heterocycles. The van der Waals surface area contributed by atoms with E-state index in [-0.39, 0.29) is 37.2 Å². The summed E-state index contributed by atoms with van der Waals surface area (Å²) in [6, 6.07) is 0.0577. The first-order valence-electron chi connectivity index (χ1n) is 10.2. The predicted octanol–water partition coefficient (Wildman–Crippen LogP) is 0.849. The summed E-state index contributed by atoms with van der Waals surface area (Å²) >= 11 is 0. The molecule has 3 aliphatic rings. The molecule has 3 fully saturated rings. The van der Waals surface area contributed by atoms with Gasteiger partial charge in [0.25, 0.3) is 0 Å². The van der Waals surface area contributed by atoms with Crippen LogP contribution in [0.5, 0.6) is 0 Å². The van der Waals surface area contributed by atoms with E-state index in [0.717, 1.165) is 25.9 Å². The summed E-state index contributed by atoms with van der Waals surface area (Å²) < 4.78 is 29.0. The van der Waals surface area contributed by atoms with Crippen LogP contribution in [0.4, 0.5) is 0 Å². The molecule has 1 aliphatic carbocycles. The highest BCUT2D eigenvalue weighted by Gasteiger charge is 2.53. The number of piperidine rings is 1. The van der Waals surface area contributed by atoms with Crippen molar-refractivity contribution >= 4 is 5.97 Å². The topological polar surface area (TPSA) is 95.5 Å².